The number of rotatable bonds is 1. The van der Waals surface area contributed by atoms with E-state index in [-0.39, 0.29) is 0 Å². The first-order valence-corrected chi connectivity index (χ1v) is 4.68. The van der Waals surface area contributed by atoms with Crippen LogP contribution in [-0.2, 0) is 0 Å². The molecular weight excluding hydrogens is 154 g/mol. The van der Waals surface area contributed by atoms with Gasteiger partial charge in [-0.2, -0.15) is 0 Å². The quantitative estimate of drug-likeness (QED) is 0.680. The fourth-order valence-corrected chi connectivity index (χ4v) is 1.98. The lowest BCUT2D eigenvalue weighted by molar-refractivity contribution is 1.50. The monoisotopic (exact) mass is 165 g/mol. The van der Waals surface area contributed by atoms with Crippen molar-refractivity contribution < 1.29 is 0 Å². The van der Waals surface area contributed by atoms with Crippen molar-refractivity contribution in [3.05, 3.63) is 27.5 Å². The van der Waals surface area contributed by atoms with Crippen LogP contribution in [0.4, 0.5) is 0 Å². The fraction of sp³-hybridized carbons (Fsp3) is 0.333. The molecular formula is C9H11NS. The summed E-state index contributed by atoms with van der Waals surface area (Å²) in [4.78, 5) is 1.25. The second kappa shape index (κ2) is 2.38. The average Bonchev–Trinajstić information content (AvgIpc) is 2.74. The zero-order valence-electron chi connectivity index (χ0n) is 6.55. The molecule has 0 spiro atoms. The standard InChI is InChI=1S/C9H11NS/c1-6-4-8(11-5-6)9(10)7-2-3-7/h4-5H,2-3,10H2,1H3. The Labute approximate surface area is 70.5 Å². The molecule has 58 valence electrons. The van der Waals surface area contributed by atoms with Crippen molar-refractivity contribution in [3.63, 3.8) is 0 Å². The van der Waals surface area contributed by atoms with Crippen LogP contribution < -0.4 is 5.73 Å². The van der Waals surface area contributed by atoms with Gasteiger partial charge in [0.1, 0.15) is 0 Å². The number of aryl methyl sites for hydroxylation is 1. The van der Waals surface area contributed by atoms with Crippen molar-refractivity contribution in [1.29, 1.82) is 0 Å². The van der Waals surface area contributed by atoms with Crippen molar-refractivity contribution in [1.82, 2.24) is 0 Å². The molecule has 11 heavy (non-hydrogen) atoms. The van der Waals surface area contributed by atoms with Gasteiger partial charge in [0.25, 0.3) is 0 Å². The van der Waals surface area contributed by atoms with E-state index in [0.717, 1.165) is 5.70 Å². The van der Waals surface area contributed by atoms with Crippen LogP contribution in [0.2, 0.25) is 0 Å². The summed E-state index contributed by atoms with van der Waals surface area (Å²) < 4.78 is 0. The molecule has 0 aromatic carbocycles. The van der Waals surface area contributed by atoms with Crippen LogP contribution >= 0.6 is 11.3 Å². The molecule has 1 aliphatic rings. The van der Waals surface area contributed by atoms with E-state index in [0.29, 0.717) is 0 Å². The Bertz CT molecular complexity index is 303. The Morgan fingerprint density at radius 3 is 2.73 bits per heavy atom. The molecule has 1 fully saturated rings. The fourth-order valence-electron chi connectivity index (χ4n) is 1.08. The highest BCUT2D eigenvalue weighted by molar-refractivity contribution is 7.11. The third-order valence-corrected chi connectivity index (χ3v) is 2.96. The second-order valence-electron chi connectivity index (χ2n) is 3.01. The first-order chi connectivity index (χ1) is 5.27. The number of allylic oxidation sites excluding steroid dienone is 1. The van der Waals surface area contributed by atoms with Crippen molar-refractivity contribution in [3.8, 4) is 0 Å². The summed E-state index contributed by atoms with van der Waals surface area (Å²) >= 11 is 1.74. The topological polar surface area (TPSA) is 26.0 Å². The summed E-state index contributed by atoms with van der Waals surface area (Å²) in [5.41, 5.74) is 9.69. The Hall–Kier alpha value is -0.760. The largest absolute Gasteiger partial charge is 0.398 e. The van der Waals surface area contributed by atoms with Gasteiger partial charge in [-0.05, 0) is 42.3 Å². The lowest BCUT2D eigenvalue weighted by Crippen LogP contribution is -1.92. The van der Waals surface area contributed by atoms with E-state index >= 15 is 0 Å². The minimum Gasteiger partial charge on any atom is -0.398 e. The predicted molar refractivity (Wildman–Crippen MR) is 49.4 cm³/mol. The highest BCUT2D eigenvalue weighted by Gasteiger charge is 2.17. The third kappa shape index (κ3) is 1.31. The molecule has 2 N–H and O–H groups in total. The zero-order valence-corrected chi connectivity index (χ0v) is 7.37. The van der Waals surface area contributed by atoms with Gasteiger partial charge in [0.2, 0.25) is 0 Å². The summed E-state index contributed by atoms with van der Waals surface area (Å²) in [5.74, 6) is 0. The van der Waals surface area contributed by atoms with Crippen molar-refractivity contribution in [2.24, 2.45) is 5.73 Å². The smallest absolute Gasteiger partial charge is 0.0502 e. The van der Waals surface area contributed by atoms with Gasteiger partial charge in [-0.1, -0.05) is 0 Å². The summed E-state index contributed by atoms with van der Waals surface area (Å²) in [6.07, 6.45) is 2.42. The SMILES string of the molecule is Cc1csc(C(N)=C2CC2)c1. The molecule has 0 aliphatic heterocycles. The first-order valence-electron chi connectivity index (χ1n) is 3.80. The Morgan fingerprint density at radius 2 is 2.27 bits per heavy atom. The van der Waals surface area contributed by atoms with Gasteiger partial charge in [0, 0.05) is 5.70 Å². The van der Waals surface area contributed by atoms with Crippen molar-refractivity contribution in [2.75, 3.05) is 0 Å². The molecule has 2 heteroatoms. The van der Waals surface area contributed by atoms with E-state index in [9.17, 15) is 0 Å². The minimum atomic E-state index is 1.03. The molecule has 0 bridgehead atoms. The van der Waals surface area contributed by atoms with Gasteiger partial charge in [0.15, 0.2) is 0 Å². The van der Waals surface area contributed by atoms with Gasteiger partial charge in [0.05, 0.1) is 4.88 Å². The molecule has 0 saturated heterocycles. The van der Waals surface area contributed by atoms with E-state index in [4.69, 9.17) is 5.73 Å². The van der Waals surface area contributed by atoms with Crippen LogP contribution in [0.5, 0.6) is 0 Å². The third-order valence-electron chi connectivity index (χ3n) is 1.88. The van der Waals surface area contributed by atoms with Crippen LogP contribution in [0.1, 0.15) is 23.3 Å². The highest BCUT2D eigenvalue weighted by Crippen LogP contribution is 2.35. The number of nitrogens with two attached hydrogens (primary N) is 1. The molecule has 1 aliphatic carbocycles. The number of thiophene rings is 1. The van der Waals surface area contributed by atoms with Crippen LogP contribution in [0, 0.1) is 6.92 Å². The molecule has 1 nitrogen and oxygen atoms in total. The van der Waals surface area contributed by atoms with Gasteiger partial charge < -0.3 is 5.73 Å². The van der Waals surface area contributed by atoms with Crippen LogP contribution in [0.25, 0.3) is 5.70 Å². The van der Waals surface area contributed by atoms with Crippen LogP contribution in [-0.4, -0.2) is 0 Å². The highest BCUT2D eigenvalue weighted by atomic mass is 32.1. The molecule has 1 aromatic heterocycles. The van der Waals surface area contributed by atoms with Gasteiger partial charge in [-0.3, -0.25) is 0 Å². The Balaban J connectivity index is 2.36. The number of hydrogen-bond donors (Lipinski definition) is 1. The van der Waals surface area contributed by atoms with Gasteiger partial charge in [-0.25, -0.2) is 0 Å². The molecule has 0 unspecified atom stereocenters. The van der Waals surface area contributed by atoms with Crippen LogP contribution in [0.3, 0.4) is 0 Å². The first kappa shape index (κ1) is 6.92. The average molecular weight is 165 g/mol. The molecule has 2 rings (SSSR count). The molecule has 1 saturated carbocycles. The second-order valence-corrected chi connectivity index (χ2v) is 3.92. The van der Waals surface area contributed by atoms with E-state index in [1.54, 1.807) is 11.3 Å². The van der Waals surface area contributed by atoms with Crippen molar-refractivity contribution >= 4 is 17.0 Å². The van der Waals surface area contributed by atoms with Crippen molar-refractivity contribution in [2.45, 2.75) is 19.8 Å². The lowest BCUT2D eigenvalue weighted by atomic mass is 10.3. The molecule has 1 aromatic rings. The number of hydrogen-bond acceptors (Lipinski definition) is 2. The lowest BCUT2D eigenvalue weighted by Gasteiger charge is -1.92. The summed E-state index contributed by atoms with van der Waals surface area (Å²) in [5, 5.41) is 2.14. The van der Waals surface area contributed by atoms with E-state index in [1.807, 2.05) is 0 Å². The van der Waals surface area contributed by atoms with E-state index < -0.39 is 0 Å². The zero-order chi connectivity index (χ0) is 7.84. The normalized spacial score (nSPS) is 15.2. The maximum atomic E-state index is 5.90. The molecule has 0 radical (unpaired) electrons. The minimum absolute atomic E-state index is 1.03. The summed E-state index contributed by atoms with van der Waals surface area (Å²) in [6, 6.07) is 2.16. The van der Waals surface area contributed by atoms with E-state index in [2.05, 4.69) is 18.4 Å². The molecule has 1 heterocycles. The maximum absolute atomic E-state index is 5.90. The van der Waals surface area contributed by atoms with E-state index in [1.165, 1.54) is 28.9 Å². The Kier molecular flexibility index (Phi) is 1.50. The molecule has 0 atom stereocenters. The maximum Gasteiger partial charge on any atom is 0.0502 e. The summed E-state index contributed by atoms with van der Waals surface area (Å²) in [6.45, 7) is 2.10. The van der Waals surface area contributed by atoms with Gasteiger partial charge in [-0.15, -0.1) is 11.3 Å². The molecule has 0 amide bonds. The summed E-state index contributed by atoms with van der Waals surface area (Å²) in [7, 11) is 0. The Morgan fingerprint density at radius 1 is 1.55 bits per heavy atom. The van der Waals surface area contributed by atoms with Gasteiger partial charge >= 0.3 is 0 Å². The predicted octanol–water partition coefficient (Wildman–Crippen LogP) is 2.52. The van der Waals surface area contributed by atoms with Crippen LogP contribution in [0.15, 0.2) is 17.0 Å².